The summed E-state index contributed by atoms with van der Waals surface area (Å²) in [4.78, 5) is 16.1. The minimum absolute atomic E-state index is 0.0533. The summed E-state index contributed by atoms with van der Waals surface area (Å²) in [5, 5.41) is 3.07. The maximum absolute atomic E-state index is 11.3. The van der Waals surface area contributed by atoms with Crippen molar-refractivity contribution in [1.29, 1.82) is 0 Å². The Morgan fingerprint density at radius 1 is 1.25 bits per heavy atom. The highest BCUT2D eigenvalue weighted by molar-refractivity contribution is 5.73. The maximum atomic E-state index is 11.3. The summed E-state index contributed by atoms with van der Waals surface area (Å²) in [6.07, 6.45) is 0. The Kier molecular flexibility index (Phi) is 5.15. The Bertz CT molecular complexity index is 435. The largest absolute Gasteiger partial charge is 0.351 e. The summed E-state index contributed by atoms with van der Waals surface area (Å²) < 4.78 is 0. The summed E-state index contributed by atoms with van der Waals surface area (Å²) in [6.45, 7) is 7.63. The van der Waals surface area contributed by atoms with Crippen molar-refractivity contribution in [1.82, 2.24) is 15.1 Å². The Hall–Kier alpha value is -1.39. The SMILES string of the molecule is CC(=O)NC1CN(C)CC(C)N(Cc2ccccc2)C1. The predicted molar refractivity (Wildman–Crippen MR) is 81.4 cm³/mol. The van der Waals surface area contributed by atoms with Crippen LogP contribution in [0.2, 0.25) is 0 Å². The number of hydrogen-bond acceptors (Lipinski definition) is 3. The minimum Gasteiger partial charge on any atom is -0.351 e. The number of carbonyl (C=O) groups excluding carboxylic acids is 1. The number of benzene rings is 1. The van der Waals surface area contributed by atoms with Gasteiger partial charge in [0.1, 0.15) is 0 Å². The van der Waals surface area contributed by atoms with E-state index in [0.717, 1.165) is 26.2 Å². The first-order valence-corrected chi connectivity index (χ1v) is 7.28. The van der Waals surface area contributed by atoms with Gasteiger partial charge in [-0.2, -0.15) is 0 Å². The normalized spacial score (nSPS) is 25.1. The van der Waals surface area contributed by atoms with Crippen LogP contribution in [0.15, 0.2) is 30.3 Å². The van der Waals surface area contributed by atoms with Gasteiger partial charge in [-0.3, -0.25) is 9.69 Å². The molecule has 1 heterocycles. The van der Waals surface area contributed by atoms with Gasteiger partial charge in [-0.05, 0) is 19.5 Å². The van der Waals surface area contributed by atoms with Crippen molar-refractivity contribution < 1.29 is 4.79 Å². The van der Waals surface area contributed by atoms with Gasteiger partial charge in [0.05, 0.1) is 6.04 Å². The van der Waals surface area contributed by atoms with Crippen LogP contribution in [0.4, 0.5) is 0 Å². The third-order valence-corrected chi connectivity index (χ3v) is 3.82. The molecule has 0 bridgehead atoms. The summed E-state index contributed by atoms with van der Waals surface area (Å²) >= 11 is 0. The Morgan fingerprint density at radius 2 is 1.95 bits per heavy atom. The van der Waals surface area contributed by atoms with Crippen LogP contribution >= 0.6 is 0 Å². The molecule has 1 aliphatic rings. The first-order valence-electron chi connectivity index (χ1n) is 7.28. The highest BCUT2D eigenvalue weighted by Gasteiger charge is 2.26. The predicted octanol–water partition coefficient (Wildman–Crippen LogP) is 1.33. The fourth-order valence-corrected chi connectivity index (χ4v) is 2.96. The van der Waals surface area contributed by atoms with Gasteiger partial charge in [-0.15, -0.1) is 0 Å². The lowest BCUT2D eigenvalue weighted by Crippen LogP contribution is -2.46. The van der Waals surface area contributed by atoms with E-state index in [1.807, 2.05) is 6.07 Å². The van der Waals surface area contributed by atoms with E-state index in [4.69, 9.17) is 0 Å². The molecule has 4 heteroatoms. The summed E-state index contributed by atoms with van der Waals surface area (Å²) in [5.41, 5.74) is 1.32. The summed E-state index contributed by atoms with van der Waals surface area (Å²) in [6, 6.07) is 11.2. The molecule has 1 saturated heterocycles. The lowest BCUT2D eigenvalue weighted by atomic mass is 10.1. The molecule has 1 aromatic carbocycles. The quantitative estimate of drug-likeness (QED) is 0.904. The molecular formula is C16H25N3O. The Balaban J connectivity index is 2.06. The van der Waals surface area contributed by atoms with E-state index in [-0.39, 0.29) is 11.9 Å². The Labute approximate surface area is 121 Å². The second-order valence-corrected chi connectivity index (χ2v) is 5.88. The zero-order chi connectivity index (χ0) is 14.5. The molecule has 0 aliphatic carbocycles. The van der Waals surface area contributed by atoms with E-state index in [1.165, 1.54) is 5.56 Å². The van der Waals surface area contributed by atoms with Crippen LogP contribution in [0.5, 0.6) is 0 Å². The lowest BCUT2D eigenvalue weighted by Gasteiger charge is -2.29. The van der Waals surface area contributed by atoms with Crippen molar-refractivity contribution in [3.8, 4) is 0 Å². The van der Waals surface area contributed by atoms with Crippen LogP contribution in [0, 0.1) is 0 Å². The molecule has 0 radical (unpaired) electrons. The number of hydrogen-bond donors (Lipinski definition) is 1. The van der Waals surface area contributed by atoms with Crippen LogP contribution < -0.4 is 5.32 Å². The number of nitrogens with zero attached hydrogens (tertiary/aromatic N) is 2. The molecule has 2 rings (SSSR count). The standard InChI is InChI=1S/C16H25N3O/c1-13-9-18(3)11-16(17-14(2)20)12-19(13)10-15-7-5-4-6-8-15/h4-8,13,16H,9-12H2,1-3H3,(H,17,20). The summed E-state index contributed by atoms with van der Waals surface area (Å²) in [5.74, 6) is 0.0533. The van der Waals surface area contributed by atoms with Gasteiger partial charge < -0.3 is 10.2 Å². The van der Waals surface area contributed by atoms with Crippen molar-refractivity contribution in [3.63, 3.8) is 0 Å². The molecule has 2 unspecified atom stereocenters. The second-order valence-electron chi connectivity index (χ2n) is 5.88. The monoisotopic (exact) mass is 275 g/mol. The lowest BCUT2D eigenvalue weighted by molar-refractivity contribution is -0.119. The van der Waals surface area contributed by atoms with Gasteiger partial charge in [0.2, 0.25) is 5.91 Å². The molecule has 1 aromatic rings. The molecule has 2 atom stereocenters. The smallest absolute Gasteiger partial charge is 0.217 e. The second kappa shape index (κ2) is 6.86. The van der Waals surface area contributed by atoms with Gasteiger partial charge in [0.25, 0.3) is 0 Å². The van der Waals surface area contributed by atoms with Crippen LogP contribution in [0.1, 0.15) is 19.4 Å². The number of nitrogens with one attached hydrogen (secondary N) is 1. The van der Waals surface area contributed by atoms with E-state index >= 15 is 0 Å². The average Bonchev–Trinajstić information content (AvgIpc) is 2.49. The molecule has 0 saturated carbocycles. The number of carbonyl (C=O) groups is 1. The minimum atomic E-state index is 0.0533. The zero-order valence-electron chi connectivity index (χ0n) is 12.7. The highest BCUT2D eigenvalue weighted by atomic mass is 16.1. The van der Waals surface area contributed by atoms with Crippen molar-refractivity contribution in [2.75, 3.05) is 26.7 Å². The molecule has 20 heavy (non-hydrogen) atoms. The maximum Gasteiger partial charge on any atom is 0.217 e. The van der Waals surface area contributed by atoms with Crippen molar-refractivity contribution in [3.05, 3.63) is 35.9 Å². The molecule has 1 N–H and O–H groups in total. The molecule has 1 amide bonds. The van der Waals surface area contributed by atoms with Gasteiger partial charge in [0, 0.05) is 39.1 Å². The van der Waals surface area contributed by atoms with Crippen molar-refractivity contribution >= 4 is 5.91 Å². The topological polar surface area (TPSA) is 35.6 Å². The fourth-order valence-electron chi connectivity index (χ4n) is 2.96. The van der Waals surface area contributed by atoms with E-state index in [9.17, 15) is 4.79 Å². The molecule has 1 aliphatic heterocycles. The third kappa shape index (κ3) is 4.32. The first kappa shape index (κ1) is 15.0. The molecule has 0 spiro atoms. The molecule has 4 nitrogen and oxygen atoms in total. The van der Waals surface area contributed by atoms with E-state index in [2.05, 4.69) is 53.4 Å². The van der Waals surface area contributed by atoms with Crippen LogP contribution in [0.25, 0.3) is 0 Å². The fraction of sp³-hybridized carbons (Fsp3) is 0.562. The highest BCUT2D eigenvalue weighted by Crippen LogP contribution is 2.13. The van der Waals surface area contributed by atoms with Gasteiger partial charge >= 0.3 is 0 Å². The van der Waals surface area contributed by atoms with E-state index in [0.29, 0.717) is 6.04 Å². The van der Waals surface area contributed by atoms with Gasteiger partial charge in [-0.25, -0.2) is 0 Å². The third-order valence-electron chi connectivity index (χ3n) is 3.82. The van der Waals surface area contributed by atoms with Gasteiger partial charge in [0.15, 0.2) is 0 Å². The number of likely N-dealkylation sites (N-methyl/N-ethyl adjacent to an activating group) is 1. The van der Waals surface area contributed by atoms with Crippen LogP contribution in [-0.4, -0.2) is 54.5 Å². The van der Waals surface area contributed by atoms with Gasteiger partial charge in [-0.1, -0.05) is 30.3 Å². The summed E-state index contributed by atoms with van der Waals surface area (Å²) in [7, 11) is 2.12. The number of rotatable bonds is 3. The molecular weight excluding hydrogens is 250 g/mol. The Morgan fingerprint density at radius 3 is 2.60 bits per heavy atom. The van der Waals surface area contributed by atoms with Crippen molar-refractivity contribution in [2.24, 2.45) is 0 Å². The zero-order valence-corrected chi connectivity index (χ0v) is 12.7. The van der Waals surface area contributed by atoms with Crippen LogP contribution in [0.3, 0.4) is 0 Å². The van der Waals surface area contributed by atoms with E-state index in [1.54, 1.807) is 6.92 Å². The van der Waals surface area contributed by atoms with E-state index < -0.39 is 0 Å². The van der Waals surface area contributed by atoms with Crippen LogP contribution in [-0.2, 0) is 11.3 Å². The molecule has 1 fully saturated rings. The molecule has 0 aromatic heterocycles. The number of amides is 1. The first-order chi connectivity index (χ1) is 9.54. The van der Waals surface area contributed by atoms with Crippen molar-refractivity contribution in [2.45, 2.75) is 32.5 Å². The molecule has 110 valence electrons. The average molecular weight is 275 g/mol.